The zero-order valence-corrected chi connectivity index (χ0v) is 9.69. The van der Waals surface area contributed by atoms with Gasteiger partial charge in [-0.05, 0) is 30.2 Å². The molecule has 3 nitrogen and oxygen atoms in total. The second-order valence-corrected chi connectivity index (χ2v) is 3.73. The van der Waals surface area contributed by atoms with Gasteiger partial charge in [-0.3, -0.25) is 0 Å². The lowest BCUT2D eigenvalue weighted by molar-refractivity contribution is 0.281. The second kappa shape index (κ2) is 6.30. The summed E-state index contributed by atoms with van der Waals surface area (Å²) >= 11 is 0. The van der Waals surface area contributed by atoms with E-state index in [1.165, 1.54) is 0 Å². The van der Waals surface area contributed by atoms with Gasteiger partial charge in [-0.1, -0.05) is 12.1 Å². The number of nitrogens with zero attached hydrogens (tertiary/aromatic N) is 1. The van der Waals surface area contributed by atoms with E-state index in [2.05, 4.69) is 6.58 Å². The van der Waals surface area contributed by atoms with Gasteiger partial charge in [-0.2, -0.15) is 0 Å². The van der Waals surface area contributed by atoms with Crippen molar-refractivity contribution in [1.82, 2.24) is 0 Å². The summed E-state index contributed by atoms with van der Waals surface area (Å²) in [4.78, 5) is 2.04. The monoisotopic (exact) mass is 221 g/mol. The summed E-state index contributed by atoms with van der Waals surface area (Å²) in [7, 11) is 0. The Bertz CT molecular complexity index is 350. The van der Waals surface area contributed by atoms with E-state index in [0.717, 1.165) is 16.8 Å². The highest BCUT2D eigenvalue weighted by Gasteiger charge is 2.05. The van der Waals surface area contributed by atoms with Gasteiger partial charge >= 0.3 is 0 Å². The van der Waals surface area contributed by atoms with Gasteiger partial charge in [0.1, 0.15) is 0 Å². The molecule has 1 aromatic rings. The first-order valence-corrected chi connectivity index (χ1v) is 5.40. The Morgan fingerprint density at radius 1 is 1.38 bits per heavy atom. The third-order valence-corrected chi connectivity index (χ3v) is 2.58. The van der Waals surface area contributed by atoms with Crippen molar-refractivity contribution in [3.05, 3.63) is 42.0 Å². The summed E-state index contributed by atoms with van der Waals surface area (Å²) in [6.45, 7) is 7.15. The fourth-order valence-electron chi connectivity index (χ4n) is 1.66. The first kappa shape index (κ1) is 12.7. The van der Waals surface area contributed by atoms with Gasteiger partial charge in [0.05, 0.1) is 13.2 Å². The van der Waals surface area contributed by atoms with Crippen LogP contribution in [0, 0.1) is 6.92 Å². The van der Waals surface area contributed by atoms with Crippen LogP contribution >= 0.6 is 0 Å². The molecule has 0 aliphatic heterocycles. The molecule has 0 atom stereocenters. The van der Waals surface area contributed by atoms with Crippen LogP contribution in [0.5, 0.6) is 0 Å². The van der Waals surface area contributed by atoms with Gasteiger partial charge in [0.15, 0.2) is 0 Å². The van der Waals surface area contributed by atoms with Crippen molar-refractivity contribution in [3.8, 4) is 0 Å². The van der Waals surface area contributed by atoms with Gasteiger partial charge in [0.25, 0.3) is 0 Å². The largest absolute Gasteiger partial charge is 0.395 e. The van der Waals surface area contributed by atoms with E-state index in [4.69, 9.17) is 10.2 Å². The van der Waals surface area contributed by atoms with Crippen LogP contribution in [0.15, 0.2) is 30.9 Å². The first-order chi connectivity index (χ1) is 7.72. The second-order valence-electron chi connectivity index (χ2n) is 3.73. The van der Waals surface area contributed by atoms with Crippen molar-refractivity contribution in [2.75, 3.05) is 24.6 Å². The van der Waals surface area contributed by atoms with E-state index in [-0.39, 0.29) is 13.2 Å². The molecule has 0 saturated carbocycles. The van der Waals surface area contributed by atoms with Gasteiger partial charge in [-0.15, -0.1) is 6.58 Å². The Hall–Kier alpha value is -1.32. The van der Waals surface area contributed by atoms with Gasteiger partial charge < -0.3 is 15.1 Å². The number of hydrogen-bond donors (Lipinski definition) is 2. The zero-order valence-electron chi connectivity index (χ0n) is 9.69. The summed E-state index contributed by atoms with van der Waals surface area (Å²) < 4.78 is 0. The van der Waals surface area contributed by atoms with Crippen LogP contribution in [-0.2, 0) is 6.61 Å². The molecule has 0 aliphatic carbocycles. The Morgan fingerprint density at radius 3 is 2.62 bits per heavy atom. The number of rotatable bonds is 6. The minimum Gasteiger partial charge on any atom is -0.395 e. The average Bonchev–Trinajstić information content (AvgIpc) is 2.28. The predicted octanol–water partition coefficient (Wildman–Crippen LogP) is 1.47. The molecule has 0 fully saturated rings. The molecule has 2 N–H and O–H groups in total. The Labute approximate surface area is 96.6 Å². The molecule has 0 heterocycles. The minimum absolute atomic E-state index is 0.0631. The number of benzene rings is 1. The number of hydrogen-bond acceptors (Lipinski definition) is 3. The average molecular weight is 221 g/mol. The fourth-order valence-corrected chi connectivity index (χ4v) is 1.66. The van der Waals surface area contributed by atoms with E-state index in [0.29, 0.717) is 13.1 Å². The number of aliphatic hydroxyl groups excluding tert-OH is 2. The molecule has 88 valence electrons. The highest BCUT2D eigenvalue weighted by atomic mass is 16.3. The van der Waals surface area contributed by atoms with Crippen LogP contribution in [0.3, 0.4) is 0 Å². The highest BCUT2D eigenvalue weighted by Crippen LogP contribution is 2.19. The smallest absolute Gasteiger partial charge is 0.0684 e. The van der Waals surface area contributed by atoms with Gasteiger partial charge in [0, 0.05) is 18.8 Å². The molecular formula is C13H19NO2. The van der Waals surface area contributed by atoms with E-state index in [9.17, 15) is 0 Å². The van der Waals surface area contributed by atoms with Crippen molar-refractivity contribution >= 4 is 5.69 Å². The van der Waals surface area contributed by atoms with Crippen LogP contribution in [0.1, 0.15) is 11.1 Å². The van der Waals surface area contributed by atoms with Crippen molar-refractivity contribution in [2.24, 2.45) is 0 Å². The molecule has 16 heavy (non-hydrogen) atoms. The lowest BCUT2D eigenvalue weighted by Gasteiger charge is -2.23. The molecule has 0 amide bonds. The predicted molar refractivity (Wildman–Crippen MR) is 66.6 cm³/mol. The molecular weight excluding hydrogens is 202 g/mol. The quantitative estimate of drug-likeness (QED) is 0.715. The van der Waals surface area contributed by atoms with Crippen molar-refractivity contribution in [3.63, 3.8) is 0 Å². The molecule has 3 heteroatoms. The molecule has 1 aromatic carbocycles. The number of aryl methyl sites for hydroxylation is 1. The molecule has 0 saturated heterocycles. The normalized spacial score (nSPS) is 10.2. The zero-order chi connectivity index (χ0) is 12.0. The SMILES string of the molecule is C=CCN(CCO)c1ccc(CO)c(C)c1. The summed E-state index contributed by atoms with van der Waals surface area (Å²) in [6, 6.07) is 5.89. The summed E-state index contributed by atoms with van der Waals surface area (Å²) in [6.07, 6.45) is 1.81. The molecule has 1 rings (SSSR count). The van der Waals surface area contributed by atoms with Gasteiger partial charge in [-0.25, -0.2) is 0 Å². The third kappa shape index (κ3) is 3.08. The van der Waals surface area contributed by atoms with Gasteiger partial charge in [0.2, 0.25) is 0 Å². The molecule has 0 aliphatic rings. The van der Waals surface area contributed by atoms with Crippen molar-refractivity contribution in [1.29, 1.82) is 0 Å². The number of aliphatic hydroxyl groups is 2. The minimum atomic E-state index is 0.0631. The molecule has 0 bridgehead atoms. The summed E-state index contributed by atoms with van der Waals surface area (Å²) in [5.74, 6) is 0. The Balaban J connectivity index is 2.91. The standard InChI is InChI=1S/C13H19NO2/c1-3-6-14(7-8-15)13-5-4-12(10-16)11(2)9-13/h3-5,9,15-16H,1,6-8,10H2,2H3. The Morgan fingerprint density at radius 2 is 2.12 bits per heavy atom. The topological polar surface area (TPSA) is 43.7 Å². The lowest BCUT2D eigenvalue weighted by atomic mass is 10.1. The van der Waals surface area contributed by atoms with E-state index >= 15 is 0 Å². The molecule has 0 aromatic heterocycles. The maximum atomic E-state index is 9.08. The molecule has 0 spiro atoms. The third-order valence-electron chi connectivity index (χ3n) is 2.58. The molecule has 0 unspecified atom stereocenters. The molecule has 0 radical (unpaired) electrons. The van der Waals surface area contributed by atoms with Crippen LogP contribution < -0.4 is 4.90 Å². The lowest BCUT2D eigenvalue weighted by Crippen LogP contribution is -2.26. The fraction of sp³-hybridized carbons (Fsp3) is 0.385. The van der Waals surface area contributed by atoms with E-state index < -0.39 is 0 Å². The van der Waals surface area contributed by atoms with Crippen LogP contribution in [0.4, 0.5) is 5.69 Å². The maximum Gasteiger partial charge on any atom is 0.0684 e. The highest BCUT2D eigenvalue weighted by molar-refractivity contribution is 5.51. The van der Waals surface area contributed by atoms with Crippen molar-refractivity contribution in [2.45, 2.75) is 13.5 Å². The summed E-state index contributed by atoms with van der Waals surface area (Å²) in [5.41, 5.74) is 3.04. The number of anilines is 1. The van der Waals surface area contributed by atoms with Crippen LogP contribution in [0.25, 0.3) is 0 Å². The Kier molecular flexibility index (Phi) is 5.02. The van der Waals surface area contributed by atoms with Crippen molar-refractivity contribution < 1.29 is 10.2 Å². The van der Waals surface area contributed by atoms with E-state index in [1.807, 2.05) is 36.1 Å². The summed E-state index contributed by atoms with van der Waals surface area (Å²) in [5, 5.41) is 18.1. The van der Waals surface area contributed by atoms with E-state index in [1.54, 1.807) is 0 Å². The first-order valence-electron chi connectivity index (χ1n) is 5.40. The van der Waals surface area contributed by atoms with Crippen LogP contribution in [-0.4, -0.2) is 29.9 Å². The maximum absolute atomic E-state index is 9.08. The van der Waals surface area contributed by atoms with Crippen LogP contribution in [0.2, 0.25) is 0 Å².